The van der Waals surface area contributed by atoms with Crippen molar-refractivity contribution in [1.82, 2.24) is 14.9 Å². The molecule has 0 aliphatic heterocycles. The highest BCUT2D eigenvalue weighted by molar-refractivity contribution is 5.99. The van der Waals surface area contributed by atoms with E-state index in [-0.39, 0.29) is 28.9 Å². The molecule has 2 rings (SSSR count). The number of carbonyl (C=O) groups excluding carboxylic acids is 1. The van der Waals surface area contributed by atoms with Gasteiger partial charge in [0.2, 0.25) is 0 Å². The van der Waals surface area contributed by atoms with E-state index in [1.165, 1.54) is 18.2 Å². The largest absolute Gasteiger partial charge is 0.480 e. The van der Waals surface area contributed by atoms with E-state index >= 15 is 0 Å². The smallest absolute Gasteiger partial charge is 0.328 e. The standard InChI is InChI=1S/C16H19N3O5/c1-4-19-14(21)10-6-5-9(7-11(10)17-16(19)24)13(20)18-12(8(2)3)15(22)23/h5-8,12H,4H2,1-3H3,(H,17,24)(H,18,20)(H,22,23). The molecule has 0 aliphatic rings. The minimum atomic E-state index is -1.13. The first-order chi connectivity index (χ1) is 11.3. The molecule has 1 aromatic heterocycles. The van der Waals surface area contributed by atoms with Gasteiger partial charge >= 0.3 is 11.7 Å². The Morgan fingerprint density at radius 1 is 1.29 bits per heavy atom. The zero-order valence-electron chi connectivity index (χ0n) is 13.6. The molecule has 0 saturated heterocycles. The highest BCUT2D eigenvalue weighted by Crippen LogP contribution is 2.11. The number of carboxylic acid groups (broad SMARTS) is 1. The Morgan fingerprint density at radius 3 is 2.50 bits per heavy atom. The first kappa shape index (κ1) is 17.5. The molecular formula is C16H19N3O5. The molecule has 0 bridgehead atoms. The van der Waals surface area contributed by atoms with Gasteiger partial charge in [0, 0.05) is 12.1 Å². The maximum Gasteiger partial charge on any atom is 0.328 e. The van der Waals surface area contributed by atoms with Gasteiger partial charge in [0.05, 0.1) is 10.9 Å². The molecule has 0 spiro atoms. The Bertz CT molecular complexity index is 910. The molecule has 0 aliphatic carbocycles. The summed E-state index contributed by atoms with van der Waals surface area (Å²) in [5.74, 6) is -2.00. The average Bonchev–Trinajstić information content (AvgIpc) is 2.51. The van der Waals surface area contributed by atoms with Crippen molar-refractivity contribution in [3.8, 4) is 0 Å². The third kappa shape index (κ3) is 3.22. The molecule has 2 aromatic rings. The minimum Gasteiger partial charge on any atom is -0.480 e. The molecule has 0 radical (unpaired) electrons. The van der Waals surface area contributed by atoms with Gasteiger partial charge < -0.3 is 15.4 Å². The van der Waals surface area contributed by atoms with Crippen molar-refractivity contribution in [2.45, 2.75) is 33.4 Å². The SMILES string of the molecule is CCn1c(=O)[nH]c2cc(C(=O)NC(C(=O)O)C(C)C)ccc2c1=O. The lowest BCUT2D eigenvalue weighted by Gasteiger charge is -2.18. The van der Waals surface area contributed by atoms with E-state index in [1.807, 2.05) is 0 Å². The number of carbonyl (C=O) groups is 2. The summed E-state index contributed by atoms with van der Waals surface area (Å²) < 4.78 is 1.06. The molecule has 1 aromatic carbocycles. The maximum atomic E-state index is 12.3. The predicted octanol–water partition coefficient (Wildman–Crippen LogP) is 0.549. The van der Waals surface area contributed by atoms with E-state index in [9.17, 15) is 19.2 Å². The van der Waals surface area contributed by atoms with Crippen molar-refractivity contribution in [1.29, 1.82) is 0 Å². The van der Waals surface area contributed by atoms with Gasteiger partial charge in [0.25, 0.3) is 11.5 Å². The summed E-state index contributed by atoms with van der Waals surface area (Å²) in [6.45, 7) is 5.29. The molecule has 3 N–H and O–H groups in total. The van der Waals surface area contributed by atoms with Crippen LogP contribution in [0.3, 0.4) is 0 Å². The lowest BCUT2D eigenvalue weighted by molar-refractivity contribution is -0.140. The van der Waals surface area contributed by atoms with E-state index in [0.717, 1.165) is 4.57 Å². The van der Waals surface area contributed by atoms with Crippen LogP contribution in [0.5, 0.6) is 0 Å². The number of H-pyrrole nitrogens is 1. The van der Waals surface area contributed by atoms with Crippen LogP contribution in [-0.4, -0.2) is 32.6 Å². The normalized spacial score (nSPS) is 12.3. The second kappa shape index (κ2) is 6.69. The lowest BCUT2D eigenvalue weighted by Crippen LogP contribution is -2.44. The zero-order chi connectivity index (χ0) is 18.0. The number of aliphatic carboxylic acids is 1. The van der Waals surface area contributed by atoms with Crippen molar-refractivity contribution < 1.29 is 14.7 Å². The first-order valence-corrected chi connectivity index (χ1v) is 7.56. The Kier molecular flexibility index (Phi) is 4.87. The topological polar surface area (TPSA) is 121 Å². The third-order valence-corrected chi connectivity index (χ3v) is 3.78. The summed E-state index contributed by atoms with van der Waals surface area (Å²) >= 11 is 0. The van der Waals surface area contributed by atoms with Gasteiger partial charge in [0.1, 0.15) is 6.04 Å². The fourth-order valence-corrected chi connectivity index (χ4v) is 2.42. The predicted molar refractivity (Wildman–Crippen MR) is 88.2 cm³/mol. The molecule has 8 heteroatoms. The molecule has 0 saturated carbocycles. The highest BCUT2D eigenvalue weighted by atomic mass is 16.4. The van der Waals surface area contributed by atoms with E-state index in [4.69, 9.17) is 5.11 Å². The Labute approximate surface area is 137 Å². The molecular weight excluding hydrogens is 314 g/mol. The summed E-state index contributed by atoms with van der Waals surface area (Å²) in [7, 11) is 0. The number of rotatable bonds is 5. The number of aromatic nitrogens is 2. The molecule has 0 fully saturated rings. The highest BCUT2D eigenvalue weighted by Gasteiger charge is 2.24. The molecule has 1 atom stereocenters. The number of carboxylic acids is 1. The van der Waals surface area contributed by atoms with Crippen LogP contribution in [0.2, 0.25) is 0 Å². The Hall–Kier alpha value is -2.90. The number of benzene rings is 1. The fraction of sp³-hybridized carbons (Fsp3) is 0.375. The monoisotopic (exact) mass is 333 g/mol. The number of amides is 1. The van der Waals surface area contributed by atoms with Gasteiger partial charge in [-0.25, -0.2) is 9.59 Å². The first-order valence-electron chi connectivity index (χ1n) is 7.56. The number of hydrogen-bond donors (Lipinski definition) is 3. The summed E-state index contributed by atoms with van der Waals surface area (Å²) in [4.78, 5) is 50.0. The maximum absolute atomic E-state index is 12.3. The van der Waals surface area contributed by atoms with Crippen molar-refractivity contribution >= 4 is 22.8 Å². The van der Waals surface area contributed by atoms with Gasteiger partial charge in [-0.05, 0) is 31.0 Å². The Morgan fingerprint density at radius 2 is 1.96 bits per heavy atom. The van der Waals surface area contributed by atoms with Crippen LogP contribution in [0, 0.1) is 5.92 Å². The number of hydrogen-bond acceptors (Lipinski definition) is 4. The summed E-state index contributed by atoms with van der Waals surface area (Å²) in [5, 5.41) is 11.9. The molecule has 24 heavy (non-hydrogen) atoms. The van der Waals surface area contributed by atoms with Crippen LogP contribution in [0.15, 0.2) is 27.8 Å². The number of fused-ring (bicyclic) bond motifs is 1. The minimum absolute atomic E-state index is 0.165. The summed E-state index contributed by atoms with van der Waals surface area (Å²) in [6.07, 6.45) is 0. The second-order valence-electron chi connectivity index (χ2n) is 5.77. The second-order valence-corrected chi connectivity index (χ2v) is 5.77. The van der Waals surface area contributed by atoms with Crippen LogP contribution in [0.25, 0.3) is 10.9 Å². The number of nitrogens with zero attached hydrogens (tertiary/aromatic N) is 1. The average molecular weight is 333 g/mol. The quantitative estimate of drug-likeness (QED) is 0.738. The van der Waals surface area contributed by atoms with Crippen molar-refractivity contribution in [2.24, 2.45) is 5.92 Å². The van der Waals surface area contributed by atoms with E-state index in [1.54, 1.807) is 20.8 Å². The summed E-state index contributed by atoms with van der Waals surface area (Å²) in [6, 6.07) is 3.21. The van der Waals surface area contributed by atoms with Gasteiger partial charge in [-0.1, -0.05) is 13.8 Å². The molecule has 8 nitrogen and oxygen atoms in total. The van der Waals surface area contributed by atoms with Crippen LogP contribution in [0.1, 0.15) is 31.1 Å². The number of aromatic amines is 1. The van der Waals surface area contributed by atoms with Gasteiger partial charge in [-0.15, -0.1) is 0 Å². The number of nitrogens with one attached hydrogen (secondary N) is 2. The molecule has 128 valence electrons. The van der Waals surface area contributed by atoms with E-state index in [0.29, 0.717) is 0 Å². The molecule has 1 unspecified atom stereocenters. The third-order valence-electron chi connectivity index (χ3n) is 3.78. The molecule has 1 heterocycles. The van der Waals surface area contributed by atoms with E-state index in [2.05, 4.69) is 10.3 Å². The fourth-order valence-electron chi connectivity index (χ4n) is 2.42. The lowest BCUT2D eigenvalue weighted by atomic mass is 10.0. The molecule has 1 amide bonds. The van der Waals surface area contributed by atoms with Gasteiger partial charge in [-0.2, -0.15) is 0 Å². The van der Waals surface area contributed by atoms with E-state index < -0.39 is 29.2 Å². The van der Waals surface area contributed by atoms with Crippen LogP contribution >= 0.6 is 0 Å². The Balaban J connectivity index is 2.44. The zero-order valence-corrected chi connectivity index (χ0v) is 13.6. The van der Waals surface area contributed by atoms with Crippen LogP contribution < -0.4 is 16.6 Å². The van der Waals surface area contributed by atoms with Gasteiger partial charge in [-0.3, -0.25) is 14.2 Å². The van der Waals surface area contributed by atoms with Gasteiger partial charge in [0.15, 0.2) is 0 Å². The van der Waals surface area contributed by atoms with Crippen molar-refractivity contribution in [2.75, 3.05) is 0 Å². The van der Waals surface area contributed by atoms with Crippen molar-refractivity contribution in [3.05, 3.63) is 44.6 Å². The summed E-state index contributed by atoms with van der Waals surface area (Å²) in [5.41, 5.74) is -0.593. The van der Waals surface area contributed by atoms with Crippen LogP contribution in [0.4, 0.5) is 0 Å². The van der Waals surface area contributed by atoms with Crippen LogP contribution in [-0.2, 0) is 11.3 Å². The van der Waals surface area contributed by atoms with Crippen molar-refractivity contribution in [3.63, 3.8) is 0 Å².